The number of carbonyl (C=O) groups excluding carboxylic acids is 1. The van der Waals surface area contributed by atoms with Gasteiger partial charge in [0.2, 0.25) is 5.89 Å². The molecule has 0 radical (unpaired) electrons. The van der Waals surface area contributed by atoms with E-state index in [1.807, 2.05) is 12.1 Å². The van der Waals surface area contributed by atoms with Gasteiger partial charge in [0, 0.05) is 10.6 Å². The number of nitrogens with zero attached hydrogens (tertiary/aromatic N) is 1. The fraction of sp³-hybridized carbons (Fsp3) is 0.158. The molecular weight excluding hydrogens is 358 g/mol. The molecule has 0 aliphatic carbocycles. The molecule has 3 aromatic rings. The number of halogens is 1. The fourth-order valence-corrected chi connectivity index (χ4v) is 2.42. The summed E-state index contributed by atoms with van der Waals surface area (Å²) in [6.07, 6.45) is 1.57. The maximum Gasteiger partial charge on any atom is 0.338 e. The molecule has 134 valence electrons. The number of esters is 1. The highest BCUT2D eigenvalue weighted by Crippen LogP contribution is 2.28. The van der Waals surface area contributed by atoms with Crippen LogP contribution < -0.4 is 9.47 Å². The lowest BCUT2D eigenvalue weighted by atomic mass is 10.2. The molecule has 1 aromatic heterocycles. The van der Waals surface area contributed by atoms with Crippen LogP contribution in [-0.4, -0.2) is 25.2 Å². The summed E-state index contributed by atoms with van der Waals surface area (Å²) >= 11 is 5.87. The van der Waals surface area contributed by atoms with Gasteiger partial charge >= 0.3 is 5.97 Å². The van der Waals surface area contributed by atoms with Crippen molar-refractivity contribution in [1.82, 2.24) is 4.98 Å². The maximum absolute atomic E-state index is 12.2. The highest BCUT2D eigenvalue weighted by Gasteiger charge is 2.14. The predicted molar refractivity (Wildman–Crippen MR) is 95.6 cm³/mol. The molecule has 0 bridgehead atoms. The van der Waals surface area contributed by atoms with E-state index in [4.69, 9.17) is 30.2 Å². The van der Waals surface area contributed by atoms with E-state index in [1.54, 1.807) is 36.5 Å². The molecule has 0 N–H and O–H groups in total. The zero-order chi connectivity index (χ0) is 18.5. The van der Waals surface area contributed by atoms with Gasteiger partial charge in [-0.2, -0.15) is 0 Å². The minimum atomic E-state index is -0.516. The van der Waals surface area contributed by atoms with E-state index in [-0.39, 0.29) is 6.61 Å². The third-order valence-corrected chi connectivity index (χ3v) is 3.88. The van der Waals surface area contributed by atoms with Crippen molar-refractivity contribution < 1.29 is 23.4 Å². The maximum atomic E-state index is 12.2. The molecule has 0 fully saturated rings. The number of rotatable bonds is 6. The topological polar surface area (TPSA) is 70.8 Å². The summed E-state index contributed by atoms with van der Waals surface area (Å²) in [4.78, 5) is 16.3. The van der Waals surface area contributed by atoms with Crippen LogP contribution in [-0.2, 0) is 11.3 Å². The Balaban J connectivity index is 1.66. The number of hydrogen-bond donors (Lipinski definition) is 0. The second-order valence-corrected chi connectivity index (χ2v) is 5.71. The molecule has 0 aliphatic rings. The molecule has 0 saturated carbocycles. The molecule has 3 rings (SSSR count). The van der Waals surface area contributed by atoms with Gasteiger partial charge in [-0.3, -0.25) is 0 Å². The molecule has 7 heteroatoms. The van der Waals surface area contributed by atoms with Gasteiger partial charge in [0.15, 0.2) is 23.9 Å². The van der Waals surface area contributed by atoms with E-state index < -0.39 is 5.97 Å². The fourth-order valence-electron chi connectivity index (χ4n) is 2.30. The Morgan fingerprint density at radius 2 is 1.81 bits per heavy atom. The molecular formula is C19H16ClNO5. The molecule has 0 unspecified atom stereocenters. The van der Waals surface area contributed by atoms with Gasteiger partial charge in [0.25, 0.3) is 0 Å². The van der Waals surface area contributed by atoms with Gasteiger partial charge in [0.05, 0.1) is 26.0 Å². The van der Waals surface area contributed by atoms with Crippen LogP contribution in [0.2, 0.25) is 5.02 Å². The summed E-state index contributed by atoms with van der Waals surface area (Å²) in [7, 11) is 3.02. The van der Waals surface area contributed by atoms with Crippen LogP contribution in [0.25, 0.3) is 11.3 Å². The zero-order valence-electron chi connectivity index (χ0n) is 14.2. The Morgan fingerprint density at radius 1 is 1.08 bits per heavy atom. The van der Waals surface area contributed by atoms with Crippen LogP contribution in [0.4, 0.5) is 0 Å². The van der Waals surface area contributed by atoms with Crippen molar-refractivity contribution in [3.05, 3.63) is 65.1 Å². The van der Waals surface area contributed by atoms with Crippen molar-refractivity contribution in [2.45, 2.75) is 6.61 Å². The third-order valence-electron chi connectivity index (χ3n) is 3.63. The van der Waals surface area contributed by atoms with Crippen molar-refractivity contribution in [1.29, 1.82) is 0 Å². The monoisotopic (exact) mass is 373 g/mol. The van der Waals surface area contributed by atoms with Crippen molar-refractivity contribution in [3.8, 4) is 22.8 Å². The van der Waals surface area contributed by atoms with Crippen LogP contribution in [0, 0.1) is 0 Å². The smallest absolute Gasteiger partial charge is 0.338 e. The number of aromatic nitrogens is 1. The molecule has 26 heavy (non-hydrogen) atoms. The Kier molecular flexibility index (Phi) is 5.43. The molecule has 6 nitrogen and oxygen atoms in total. The number of methoxy groups -OCH3 is 2. The number of benzene rings is 2. The molecule has 0 aliphatic heterocycles. The Bertz CT molecular complexity index is 905. The van der Waals surface area contributed by atoms with Gasteiger partial charge in [-0.15, -0.1) is 0 Å². The lowest BCUT2D eigenvalue weighted by Gasteiger charge is -2.09. The first-order valence-corrected chi connectivity index (χ1v) is 8.08. The number of oxazole rings is 1. The van der Waals surface area contributed by atoms with Crippen LogP contribution in [0.15, 0.2) is 53.1 Å². The minimum absolute atomic E-state index is 0.0826. The first-order chi connectivity index (χ1) is 12.6. The van der Waals surface area contributed by atoms with E-state index in [0.717, 1.165) is 5.56 Å². The zero-order valence-corrected chi connectivity index (χ0v) is 14.9. The van der Waals surface area contributed by atoms with Crippen LogP contribution in [0.1, 0.15) is 16.2 Å². The highest BCUT2D eigenvalue weighted by atomic mass is 35.5. The second-order valence-electron chi connectivity index (χ2n) is 5.27. The summed E-state index contributed by atoms with van der Waals surface area (Å²) in [5.74, 6) is 1.33. The quantitative estimate of drug-likeness (QED) is 0.597. The van der Waals surface area contributed by atoms with Crippen molar-refractivity contribution in [3.63, 3.8) is 0 Å². The summed E-state index contributed by atoms with van der Waals surface area (Å²) in [6.45, 7) is -0.0826. The summed E-state index contributed by atoms with van der Waals surface area (Å²) in [5.41, 5.74) is 1.17. The van der Waals surface area contributed by atoms with E-state index in [0.29, 0.717) is 33.7 Å². The summed E-state index contributed by atoms with van der Waals surface area (Å²) < 4.78 is 21.2. The van der Waals surface area contributed by atoms with Gasteiger partial charge in [-0.25, -0.2) is 9.78 Å². The second kappa shape index (κ2) is 7.93. The number of carbonyl (C=O) groups is 1. The number of ether oxygens (including phenoxy) is 3. The molecule has 2 aromatic carbocycles. The lowest BCUT2D eigenvalue weighted by molar-refractivity contribution is 0.0438. The normalized spacial score (nSPS) is 10.4. The minimum Gasteiger partial charge on any atom is -0.493 e. The molecule has 0 saturated heterocycles. The third kappa shape index (κ3) is 3.97. The predicted octanol–water partition coefficient (Wildman–Crippen LogP) is 4.37. The lowest BCUT2D eigenvalue weighted by Crippen LogP contribution is -2.06. The van der Waals surface area contributed by atoms with Crippen LogP contribution >= 0.6 is 11.6 Å². The first kappa shape index (κ1) is 17.8. The standard InChI is InChI=1S/C19H16ClNO5/c1-23-15-8-5-13(9-16(15)24-2)19(22)25-11-18-21-10-17(26-18)12-3-6-14(20)7-4-12/h3-10H,11H2,1-2H3. The van der Waals surface area contributed by atoms with Crippen molar-refractivity contribution in [2.24, 2.45) is 0 Å². The Hall–Kier alpha value is -2.99. The van der Waals surface area contributed by atoms with Crippen LogP contribution in [0.3, 0.4) is 0 Å². The Labute approximate surface area is 155 Å². The number of hydrogen-bond acceptors (Lipinski definition) is 6. The van der Waals surface area contributed by atoms with Gasteiger partial charge in [-0.1, -0.05) is 11.6 Å². The van der Waals surface area contributed by atoms with E-state index in [1.165, 1.54) is 14.2 Å². The average Bonchev–Trinajstić information content (AvgIpc) is 3.15. The summed E-state index contributed by atoms with van der Waals surface area (Å²) in [6, 6.07) is 11.9. The summed E-state index contributed by atoms with van der Waals surface area (Å²) in [5, 5.41) is 0.636. The first-order valence-electron chi connectivity index (χ1n) is 7.70. The van der Waals surface area contributed by atoms with Gasteiger partial charge in [-0.05, 0) is 42.5 Å². The SMILES string of the molecule is COc1ccc(C(=O)OCc2ncc(-c3ccc(Cl)cc3)o2)cc1OC. The van der Waals surface area contributed by atoms with Crippen molar-refractivity contribution in [2.75, 3.05) is 14.2 Å². The van der Waals surface area contributed by atoms with Crippen LogP contribution in [0.5, 0.6) is 11.5 Å². The largest absolute Gasteiger partial charge is 0.493 e. The van der Waals surface area contributed by atoms with E-state index in [2.05, 4.69) is 4.98 Å². The molecule has 0 amide bonds. The Morgan fingerprint density at radius 3 is 2.50 bits per heavy atom. The van der Waals surface area contributed by atoms with Gasteiger partial charge in [0.1, 0.15) is 0 Å². The van der Waals surface area contributed by atoms with E-state index >= 15 is 0 Å². The van der Waals surface area contributed by atoms with E-state index in [9.17, 15) is 4.79 Å². The van der Waals surface area contributed by atoms with Crippen molar-refractivity contribution >= 4 is 17.6 Å². The molecule has 1 heterocycles. The highest BCUT2D eigenvalue weighted by molar-refractivity contribution is 6.30. The molecule has 0 spiro atoms. The average molecular weight is 374 g/mol. The molecule has 0 atom stereocenters. The van der Waals surface area contributed by atoms with Gasteiger partial charge < -0.3 is 18.6 Å².